The van der Waals surface area contributed by atoms with Crippen molar-refractivity contribution in [1.82, 2.24) is 10.6 Å². The van der Waals surface area contributed by atoms with Crippen molar-refractivity contribution in [3.63, 3.8) is 0 Å². The van der Waals surface area contributed by atoms with Crippen molar-refractivity contribution in [3.05, 3.63) is 0 Å². The van der Waals surface area contributed by atoms with Crippen LogP contribution in [0.3, 0.4) is 0 Å². The molecule has 0 aliphatic carbocycles. The zero-order valence-electron chi connectivity index (χ0n) is 8.03. The van der Waals surface area contributed by atoms with Gasteiger partial charge in [0.25, 0.3) is 0 Å². The maximum atomic E-state index is 12.0. The lowest BCUT2D eigenvalue weighted by atomic mass is 10.2. The molecule has 0 aromatic carbocycles. The molecule has 17 heavy (non-hydrogen) atoms. The van der Waals surface area contributed by atoms with Gasteiger partial charge in [-0.15, -0.1) is 0 Å². The van der Waals surface area contributed by atoms with Crippen LogP contribution in [-0.4, -0.2) is 35.1 Å². The first-order valence-electron chi connectivity index (χ1n) is 3.77. The molecule has 0 heterocycles. The number of carbonyl (C=O) groups is 2. The Hall–Kier alpha value is -1.52. The van der Waals surface area contributed by atoms with Crippen LogP contribution in [-0.2, 0) is 4.79 Å². The van der Waals surface area contributed by atoms with E-state index in [2.05, 4.69) is 0 Å². The molecule has 3 N–H and O–H groups in total. The maximum absolute atomic E-state index is 12.0. The maximum Gasteiger partial charge on any atom is 0.446 e. The van der Waals surface area contributed by atoms with E-state index in [1.807, 2.05) is 0 Å². The van der Waals surface area contributed by atoms with Crippen LogP contribution in [0.25, 0.3) is 0 Å². The molecule has 0 atom stereocenters. The van der Waals surface area contributed by atoms with Gasteiger partial charge >= 0.3 is 24.1 Å². The Morgan fingerprint density at radius 2 is 1.35 bits per heavy atom. The first-order valence-corrected chi connectivity index (χ1v) is 3.77. The van der Waals surface area contributed by atoms with Gasteiger partial charge < -0.3 is 5.11 Å². The summed E-state index contributed by atoms with van der Waals surface area (Å²) in [6.45, 7) is 0.680. The number of hydrogen-bond donors (Lipinski definition) is 3. The summed E-state index contributed by atoms with van der Waals surface area (Å²) in [7, 11) is 0. The zero-order chi connectivity index (χ0) is 14.1. The molecule has 0 aromatic heterocycles. The van der Waals surface area contributed by atoms with Crippen molar-refractivity contribution < 1.29 is 41.0 Å². The number of aliphatic hydroxyl groups is 1. The van der Waals surface area contributed by atoms with E-state index in [0.29, 0.717) is 6.92 Å². The van der Waals surface area contributed by atoms with Crippen molar-refractivity contribution in [2.45, 2.75) is 25.0 Å². The Kier molecular flexibility index (Phi) is 4.00. The van der Waals surface area contributed by atoms with Crippen molar-refractivity contribution in [2.75, 3.05) is 0 Å². The van der Waals surface area contributed by atoms with E-state index in [-0.39, 0.29) is 5.32 Å². The minimum atomic E-state index is -6.20. The summed E-state index contributed by atoms with van der Waals surface area (Å²) in [5.74, 6) is -1.20. The number of rotatable bonds is 1. The molecule has 0 bridgehead atoms. The average molecular weight is 268 g/mol. The van der Waals surface area contributed by atoms with Crippen LogP contribution in [0.4, 0.5) is 31.1 Å². The fourth-order valence-corrected chi connectivity index (χ4v) is 0.658. The highest BCUT2D eigenvalue weighted by atomic mass is 19.4. The van der Waals surface area contributed by atoms with Crippen molar-refractivity contribution in [1.29, 1.82) is 0 Å². The van der Waals surface area contributed by atoms with Gasteiger partial charge in [0.2, 0.25) is 5.91 Å². The van der Waals surface area contributed by atoms with Gasteiger partial charge in [-0.2, -0.15) is 26.3 Å². The van der Waals surface area contributed by atoms with Crippen molar-refractivity contribution in [3.8, 4) is 0 Å². The van der Waals surface area contributed by atoms with Crippen molar-refractivity contribution >= 4 is 11.9 Å². The predicted octanol–water partition coefficient (Wildman–Crippen LogP) is 0.645. The Morgan fingerprint density at radius 1 is 1.00 bits per heavy atom. The smallest absolute Gasteiger partial charge is 0.356 e. The first kappa shape index (κ1) is 15.5. The van der Waals surface area contributed by atoms with E-state index in [4.69, 9.17) is 5.11 Å². The van der Waals surface area contributed by atoms with Gasteiger partial charge in [-0.3, -0.25) is 15.4 Å². The zero-order valence-corrected chi connectivity index (χ0v) is 8.03. The van der Waals surface area contributed by atoms with E-state index in [0.717, 1.165) is 5.32 Å². The Bertz CT molecular complexity index is 309. The van der Waals surface area contributed by atoms with Crippen LogP contribution in [0.2, 0.25) is 0 Å². The van der Waals surface area contributed by atoms with E-state index in [1.54, 1.807) is 0 Å². The van der Waals surface area contributed by atoms with Gasteiger partial charge in [0, 0.05) is 6.92 Å². The SMILES string of the molecule is CC(=O)NC(=O)NC(O)(C(F)(F)F)C(F)(F)F. The minimum Gasteiger partial charge on any atom is -0.356 e. The molecule has 0 fully saturated rings. The van der Waals surface area contributed by atoms with Crippen molar-refractivity contribution in [2.24, 2.45) is 0 Å². The number of imide groups is 1. The number of carbonyl (C=O) groups excluding carboxylic acids is 2. The van der Waals surface area contributed by atoms with Gasteiger partial charge in [0.15, 0.2) is 0 Å². The molecule has 0 rings (SSSR count). The summed E-state index contributed by atoms with van der Waals surface area (Å²) in [6.07, 6.45) is -12.4. The monoisotopic (exact) mass is 268 g/mol. The average Bonchev–Trinajstić information content (AvgIpc) is 1.97. The standard InChI is InChI=1S/C6H6F6N2O3/c1-2(15)13-3(16)14-4(17,5(7,8)9)6(10,11)12/h17H,1H3,(H2,13,14,15,16). The van der Waals surface area contributed by atoms with Gasteiger partial charge in [-0.05, 0) is 0 Å². The molecule has 0 aromatic rings. The summed E-state index contributed by atoms with van der Waals surface area (Å²) in [5, 5.41) is 9.77. The van der Waals surface area contributed by atoms with E-state index >= 15 is 0 Å². The van der Waals surface area contributed by atoms with Crippen LogP contribution in [0.1, 0.15) is 6.92 Å². The van der Waals surface area contributed by atoms with Crippen LogP contribution in [0, 0.1) is 0 Å². The summed E-state index contributed by atoms with van der Waals surface area (Å²) in [4.78, 5) is 20.8. The number of hydrogen-bond acceptors (Lipinski definition) is 3. The molecule has 0 saturated heterocycles. The molecule has 0 spiro atoms. The highest BCUT2D eigenvalue weighted by Crippen LogP contribution is 2.40. The number of urea groups is 1. The quantitative estimate of drug-likeness (QED) is 0.482. The molecular weight excluding hydrogens is 262 g/mol. The summed E-state index contributed by atoms with van der Waals surface area (Å²) in [6, 6.07) is -2.13. The van der Waals surface area contributed by atoms with E-state index in [1.165, 1.54) is 0 Å². The lowest BCUT2D eigenvalue weighted by Gasteiger charge is -2.32. The molecule has 11 heteroatoms. The molecular formula is C6H6F6N2O3. The number of halogens is 6. The number of nitrogens with one attached hydrogen (secondary N) is 2. The van der Waals surface area contributed by atoms with Crippen LogP contribution in [0.15, 0.2) is 0 Å². The van der Waals surface area contributed by atoms with E-state index in [9.17, 15) is 35.9 Å². The molecule has 3 amide bonds. The lowest BCUT2D eigenvalue weighted by Crippen LogP contribution is -2.69. The summed E-state index contributed by atoms with van der Waals surface area (Å²) in [5.41, 5.74) is -5.43. The topological polar surface area (TPSA) is 78.4 Å². The minimum absolute atomic E-state index is 0.239. The Morgan fingerprint density at radius 3 is 1.59 bits per heavy atom. The normalized spacial score (nSPS) is 13.2. The predicted molar refractivity (Wildman–Crippen MR) is 39.4 cm³/mol. The molecule has 0 saturated carbocycles. The third kappa shape index (κ3) is 3.47. The summed E-state index contributed by atoms with van der Waals surface area (Å²) >= 11 is 0. The number of alkyl halides is 6. The second-order valence-corrected chi connectivity index (χ2v) is 2.84. The fraction of sp³-hybridized carbons (Fsp3) is 0.667. The fourth-order valence-electron chi connectivity index (χ4n) is 0.658. The van der Waals surface area contributed by atoms with E-state index < -0.39 is 30.0 Å². The van der Waals surface area contributed by atoms with Gasteiger partial charge in [-0.25, -0.2) is 4.79 Å². The Labute approximate surface area is 89.8 Å². The summed E-state index contributed by atoms with van der Waals surface area (Å²) < 4.78 is 72.0. The van der Waals surface area contributed by atoms with Gasteiger partial charge in [-0.1, -0.05) is 0 Å². The largest absolute Gasteiger partial charge is 0.446 e. The molecule has 0 aliphatic rings. The molecule has 5 nitrogen and oxygen atoms in total. The molecule has 0 radical (unpaired) electrons. The van der Waals surface area contributed by atoms with Crippen LogP contribution >= 0.6 is 0 Å². The lowest BCUT2D eigenvalue weighted by molar-refractivity contribution is -0.375. The van der Waals surface area contributed by atoms with Crippen LogP contribution < -0.4 is 10.6 Å². The van der Waals surface area contributed by atoms with Gasteiger partial charge in [0.1, 0.15) is 0 Å². The molecule has 100 valence electrons. The third-order valence-corrected chi connectivity index (χ3v) is 1.40. The highest BCUT2D eigenvalue weighted by Gasteiger charge is 2.72. The molecule has 0 aliphatic heterocycles. The second-order valence-electron chi connectivity index (χ2n) is 2.84. The molecule has 0 unspecified atom stereocenters. The first-order chi connectivity index (χ1) is 7.31. The highest BCUT2D eigenvalue weighted by molar-refractivity contribution is 5.93. The Balaban J connectivity index is 5.12. The van der Waals surface area contributed by atoms with Crippen LogP contribution in [0.5, 0.6) is 0 Å². The second kappa shape index (κ2) is 4.39. The number of amides is 3. The van der Waals surface area contributed by atoms with Gasteiger partial charge in [0.05, 0.1) is 0 Å². The third-order valence-electron chi connectivity index (χ3n) is 1.40.